The van der Waals surface area contributed by atoms with E-state index in [-0.39, 0.29) is 6.03 Å². The first-order valence-electron chi connectivity index (χ1n) is 9.71. The molecule has 0 bridgehead atoms. The quantitative estimate of drug-likeness (QED) is 0.792. The van der Waals surface area contributed by atoms with Gasteiger partial charge in [0.25, 0.3) is 0 Å². The maximum atomic E-state index is 12.5. The highest BCUT2D eigenvalue weighted by Crippen LogP contribution is 2.21. The Morgan fingerprint density at radius 2 is 1.96 bits per heavy atom. The summed E-state index contributed by atoms with van der Waals surface area (Å²) in [7, 11) is 0. The van der Waals surface area contributed by atoms with Gasteiger partial charge in [0.2, 0.25) is 0 Å². The number of carbonyl (C=O) groups excluding carboxylic acids is 1. The summed E-state index contributed by atoms with van der Waals surface area (Å²) >= 11 is 1.69. The number of hydrogen-bond donors (Lipinski definition) is 1. The molecule has 1 aromatic rings. The number of fused-ring (bicyclic) bond motifs is 1. The molecule has 3 aliphatic rings. The molecule has 1 atom stereocenters. The van der Waals surface area contributed by atoms with Crippen LogP contribution in [-0.4, -0.2) is 77.9 Å². The van der Waals surface area contributed by atoms with Crippen molar-refractivity contribution in [3.05, 3.63) is 36.2 Å². The van der Waals surface area contributed by atoms with Crippen molar-refractivity contribution in [1.29, 1.82) is 0 Å². The van der Waals surface area contributed by atoms with Gasteiger partial charge in [0, 0.05) is 49.4 Å². The van der Waals surface area contributed by atoms with Crippen molar-refractivity contribution in [3.63, 3.8) is 0 Å². The van der Waals surface area contributed by atoms with Gasteiger partial charge in [-0.1, -0.05) is 6.92 Å². The molecule has 8 heteroatoms. The van der Waals surface area contributed by atoms with Crippen LogP contribution in [0.2, 0.25) is 0 Å². The zero-order chi connectivity index (χ0) is 19.5. The van der Waals surface area contributed by atoms with Gasteiger partial charge in [-0.05, 0) is 36.9 Å². The molecule has 0 aromatic heterocycles. The van der Waals surface area contributed by atoms with E-state index in [0.29, 0.717) is 19.1 Å². The number of amidine groups is 1. The van der Waals surface area contributed by atoms with Crippen LogP contribution in [0.3, 0.4) is 0 Å². The van der Waals surface area contributed by atoms with Crippen LogP contribution in [0.1, 0.15) is 13.3 Å². The van der Waals surface area contributed by atoms with Gasteiger partial charge in [-0.15, -0.1) is 11.8 Å². The Hall–Kier alpha value is -2.48. The number of rotatable bonds is 4. The molecule has 4 rings (SSSR count). The van der Waals surface area contributed by atoms with Crippen LogP contribution >= 0.6 is 11.8 Å². The van der Waals surface area contributed by atoms with Gasteiger partial charge in [0.15, 0.2) is 0 Å². The number of nitrogens with zero attached hydrogens (tertiary/aromatic N) is 5. The zero-order valence-corrected chi connectivity index (χ0v) is 17.2. The SMILES string of the molecule is CC[C@@H]1CN2C=NC(N3CCN(C(=O)Nc4ccc(SC)cc4)CC3)=CC2=N1. The van der Waals surface area contributed by atoms with Crippen LogP contribution in [0, 0.1) is 0 Å². The summed E-state index contributed by atoms with van der Waals surface area (Å²) in [5.74, 6) is 1.95. The Bertz CT molecular complexity index is 810. The molecule has 1 fully saturated rings. The standard InChI is InChI=1S/C20H26N6OS/c1-3-15-13-26-14-21-18(12-19(26)22-15)24-8-10-25(11-9-24)20(27)23-16-4-6-17(28-2)7-5-16/h4-7,12,14-15H,3,8-11,13H2,1-2H3,(H,23,27)/t15-/m1/s1. The molecule has 0 aliphatic carbocycles. The summed E-state index contributed by atoms with van der Waals surface area (Å²) in [6, 6.07) is 8.24. The fraction of sp³-hybridized carbons (Fsp3) is 0.450. The van der Waals surface area contributed by atoms with Crippen LogP contribution in [0.4, 0.5) is 10.5 Å². The minimum atomic E-state index is -0.0465. The van der Waals surface area contributed by atoms with Crippen molar-refractivity contribution in [1.82, 2.24) is 14.7 Å². The van der Waals surface area contributed by atoms with E-state index in [4.69, 9.17) is 4.99 Å². The predicted molar refractivity (Wildman–Crippen MR) is 115 cm³/mol. The highest BCUT2D eigenvalue weighted by atomic mass is 32.2. The van der Waals surface area contributed by atoms with Gasteiger partial charge >= 0.3 is 6.03 Å². The Balaban J connectivity index is 1.32. The van der Waals surface area contributed by atoms with E-state index in [2.05, 4.69) is 33.1 Å². The smallest absolute Gasteiger partial charge is 0.321 e. The number of carbonyl (C=O) groups is 1. The number of thioether (sulfide) groups is 1. The number of hydrogen-bond acceptors (Lipinski definition) is 6. The summed E-state index contributed by atoms with van der Waals surface area (Å²) in [5.41, 5.74) is 0.828. The van der Waals surface area contributed by atoms with E-state index in [9.17, 15) is 4.79 Å². The molecule has 7 nitrogen and oxygen atoms in total. The number of aliphatic imine (C=N–C) groups is 2. The third kappa shape index (κ3) is 4.01. The fourth-order valence-electron chi connectivity index (χ4n) is 3.54. The predicted octanol–water partition coefficient (Wildman–Crippen LogP) is 2.93. The fourth-order valence-corrected chi connectivity index (χ4v) is 3.95. The third-order valence-corrected chi connectivity index (χ3v) is 6.05. The Kier molecular flexibility index (Phi) is 5.57. The van der Waals surface area contributed by atoms with Crippen LogP contribution in [-0.2, 0) is 0 Å². The van der Waals surface area contributed by atoms with Crippen molar-refractivity contribution in [3.8, 4) is 0 Å². The average Bonchev–Trinajstić information content (AvgIpc) is 3.17. The molecule has 2 amide bonds. The number of anilines is 1. The maximum Gasteiger partial charge on any atom is 0.321 e. The van der Waals surface area contributed by atoms with Crippen LogP contribution in [0.25, 0.3) is 0 Å². The molecule has 0 unspecified atom stereocenters. The molecule has 0 saturated carbocycles. The number of amides is 2. The Labute approximate surface area is 170 Å². The second-order valence-corrected chi connectivity index (χ2v) is 7.96. The minimum Gasteiger partial charge on any atom is -0.353 e. The first kappa shape index (κ1) is 18.9. The van der Waals surface area contributed by atoms with Gasteiger partial charge in [0.05, 0.1) is 12.4 Å². The second-order valence-electron chi connectivity index (χ2n) is 7.08. The van der Waals surface area contributed by atoms with Crippen molar-refractivity contribution >= 4 is 35.7 Å². The molecule has 3 aliphatic heterocycles. The largest absolute Gasteiger partial charge is 0.353 e. The first-order chi connectivity index (χ1) is 13.7. The lowest BCUT2D eigenvalue weighted by Gasteiger charge is -2.36. The Morgan fingerprint density at radius 3 is 2.64 bits per heavy atom. The summed E-state index contributed by atoms with van der Waals surface area (Å²) in [5, 5.41) is 2.99. The van der Waals surface area contributed by atoms with Crippen molar-refractivity contribution in [2.45, 2.75) is 24.3 Å². The van der Waals surface area contributed by atoms with E-state index in [1.165, 1.54) is 4.90 Å². The van der Waals surface area contributed by atoms with Crippen molar-refractivity contribution < 1.29 is 4.79 Å². The topological polar surface area (TPSA) is 63.5 Å². The van der Waals surface area contributed by atoms with Gasteiger partial charge in [0.1, 0.15) is 11.7 Å². The number of urea groups is 1. The van der Waals surface area contributed by atoms with Crippen LogP contribution in [0.5, 0.6) is 0 Å². The molecule has 28 heavy (non-hydrogen) atoms. The van der Waals surface area contributed by atoms with Gasteiger partial charge in [-0.3, -0.25) is 4.99 Å². The summed E-state index contributed by atoms with van der Waals surface area (Å²) in [6.45, 7) is 5.98. The van der Waals surface area contributed by atoms with Crippen LogP contribution < -0.4 is 5.32 Å². The highest BCUT2D eigenvalue weighted by Gasteiger charge is 2.27. The van der Waals surface area contributed by atoms with E-state index < -0.39 is 0 Å². The molecule has 1 N–H and O–H groups in total. The average molecular weight is 399 g/mol. The van der Waals surface area contributed by atoms with Gasteiger partial charge < -0.3 is 20.0 Å². The second kappa shape index (κ2) is 8.26. The number of nitrogens with one attached hydrogen (secondary N) is 1. The van der Waals surface area contributed by atoms with E-state index >= 15 is 0 Å². The highest BCUT2D eigenvalue weighted by molar-refractivity contribution is 7.98. The normalized spacial score (nSPS) is 21.4. The molecule has 0 radical (unpaired) electrons. The first-order valence-corrected chi connectivity index (χ1v) is 10.9. The summed E-state index contributed by atoms with van der Waals surface area (Å²) < 4.78 is 0. The lowest BCUT2D eigenvalue weighted by molar-refractivity contribution is 0.167. The van der Waals surface area contributed by atoms with Gasteiger partial charge in [-0.25, -0.2) is 9.79 Å². The van der Waals surface area contributed by atoms with Crippen molar-refractivity contribution in [2.24, 2.45) is 9.98 Å². The Morgan fingerprint density at radius 1 is 1.21 bits per heavy atom. The summed E-state index contributed by atoms with van der Waals surface area (Å²) in [6.07, 6.45) is 7.04. The van der Waals surface area contributed by atoms with Gasteiger partial charge in [-0.2, -0.15) is 0 Å². The number of benzene rings is 1. The van der Waals surface area contributed by atoms with E-state index in [1.54, 1.807) is 11.8 Å². The molecule has 1 saturated heterocycles. The zero-order valence-electron chi connectivity index (χ0n) is 16.3. The van der Waals surface area contributed by atoms with E-state index in [0.717, 1.165) is 43.4 Å². The van der Waals surface area contributed by atoms with E-state index in [1.807, 2.05) is 41.8 Å². The molecule has 0 spiro atoms. The molecule has 3 heterocycles. The monoisotopic (exact) mass is 398 g/mol. The van der Waals surface area contributed by atoms with Crippen molar-refractivity contribution in [2.75, 3.05) is 44.3 Å². The minimum absolute atomic E-state index is 0.0465. The molecule has 148 valence electrons. The lowest BCUT2D eigenvalue weighted by Crippen LogP contribution is -2.49. The molecular weight excluding hydrogens is 372 g/mol. The van der Waals surface area contributed by atoms with Crippen LogP contribution in [0.15, 0.2) is 51.0 Å². The lowest BCUT2D eigenvalue weighted by atomic mass is 10.2. The molecular formula is C20H26N6OS. The summed E-state index contributed by atoms with van der Waals surface area (Å²) in [4.78, 5) is 29.3. The number of piperazine rings is 1. The maximum absolute atomic E-state index is 12.5. The third-order valence-electron chi connectivity index (χ3n) is 5.31. The molecule has 1 aromatic carbocycles.